The number of carbonyl (C=O) groups is 2. The van der Waals surface area contributed by atoms with Gasteiger partial charge < -0.3 is 9.64 Å². The van der Waals surface area contributed by atoms with Gasteiger partial charge >= 0.3 is 5.97 Å². The van der Waals surface area contributed by atoms with E-state index in [1.54, 1.807) is 16.8 Å². The third-order valence-electron chi connectivity index (χ3n) is 2.29. The topological polar surface area (TPSA) is 49.9 Å². The summed E-state index contributed by atoms with van der Waals surface area (Å²) in [5.41, 5.74) is 0. The standard InChI is InChI=1S/C10H20N2O3/c1-5-11(3)9(13)7-12(6-2)8-10(14)15-4/h5-8H2,1-4H3. The van der Waals surface area contributed by atoms with Crippen molar-refractivity contribution in [1.29, 1.82) is 0 Å². The first-order chi connectivity index (χ1) is 7.04. The summed E-state index contributed by atoms with van der Waals surface area (Å²) in [7, 11) is 3.09. The van der Waals surface area contributed by atoms with Crippen molar-refractivity contribution in [3.05, 3.63) is 0 Å². The Morgan fingerprint density at radius 2 is 1.73 bits per heavy atom. The summed E-state index contributed by atoms with van der Waals surface area (Å²) in [6.07, 6.45) is 0. The first kappa shape index (κ1) is 13.9. The SMILES string of the molecule is CCN(CC(=O)OC)CC(=O)N(C)CC. The predicted octanol–water partition coefficient (Wildman–Crippen LogP) is -0.0404. The van der Waals surface area contributed by atoms with Crippen LogP contribution in [-0.4, -0.2) is 62.0 Å². The fourth-order valence-corrected chi connectivity index (χ4v) is 1.01. The van der Waals surface area contributed by atoms with Gasteiger partial charge in [0.2, 0.25) is 5.91 Å². The fraction of sp³-hybridized carbons (Fsp3) is 0.800. The monoisotopic (exact) mass is 216 g/mol. The van der Waals surface area contributed by atoms with E-state index < -0.39 is 0 Å². The normalized spacial score (nSPS) is 10.2. The largest absolute Gasteiger partial charge is 0.468 e. The summed E-state index contributed by atoms with van der Waals surface area (Å²) in [6, 6.07) is 0. The molecule has 88 valence electrons. The first-order valence-electron chi connectivity index (χ1n) is 5.08. The lowest BCUT2D eigenvalue weighted by atomic mass is 10.4. The second-order valence-electron chi connectivity index (χ2n) is 3.29. The zero-order valence-corrected chi connectivity index (χ0v) is 9.95. The number of hydrogen-bond acceptors (Lipinski definition) is 4. The smallest absolute Gasteiger partial charge is 0.319 e. The summed E-state index contributed by atoms with van der Waals surface area (Å²) in [6.45, 7) is 5.57. The average molecular weight is 216 g/mol. The quantitative estimate of drug-likeness (QED) is 0.585. The van der Waals surface area contributed by atoms with Crippen LogP contribution in [0.4, 0.5) is 0 Å². The van der Waals surface area contributed by atoms with Crippen molar-refractivity contribution < 1.29 is 14.3 Å². The van der Waals surface area contributed by atoms with E-state index in [9.17, 15) is 9.59 Å². The fourth-order valence-electron chi connectivity index (χ4n) is 1.01. The van der Waals surface area contributed by atoms with E-state index in [1.165, 1.54) is 7.11 Å². The molecule has 1 amide bonds. The first-order valence-corrected chi connectivity index (χ1v) is 5.08. The van der Waals surface area contributed by atoms with E-state index in [0.717, 1.165) is 0 Å². The van der Waals surface area contributed by atoms with Crippen LogP contribution in [0.2, 0.25) is 0 Å². The lowest BCUT2D eigenvalue weighted by molar-refractivity contribution is -0.142. The summed E-state index contributed by atoms with van der Waals surface area (Å²) >= 11 is 0. The maximum Gasteiger partial charge on any atom is 0.319 e. The molecule has 0 spiro atoms. The number of likely N-dealkylation sites (N-methyl/N-ethyl adjacent to an activating group) is 2. The molecule has 0 aromatic rings. The molecule has 0 fully saturated rings. The van der Waals surface area contributed by atoms with Crippen molar-refractivity contribution >= 4 is 11.9 Å². The Bertz CT molecular complexity index is 219. The molecule has 15 heavy (non-hydrogen) atoms. The summed E-state index contributed by atoms with van der Waals surface area (Å²) < 4.78 is 4.55. The Kier molecular flexibility index (Phi) is 6.70. The number of methoxy groups -OCH3 is 1. The number of carbonyl (C=O) groups excluding carboxylic acids is 2. The van der Waals surface area contributed by atoms with E-state index in [0.29, 0.717) is 13.1 Å². The lowest BCUT2D eigenvalue weighted by Gasteiger charge is -2.21. The molecule has 0 aromatic heterocycles. The molecular weight excluding hydrogens is 196 g/mol. The van der Waals surface area contributed by atoms with Crippen LogP contribution in [0.1, 0.15) is 13.8 Å². The zero-order chi connectivity index (χ0) is 11.8. The Labute approximate surface area is 91.0 Å². The number of hydrogen-bond donors (Lipinski definition) is 0. The van der Waals surface area contributed by atoms with Crippen molar-refractivity contribution in [2.75, 3.05) is 40.3 Å². The van der Waals surface area contributed by atoms with Crippen LogP contribution in [0, 0.1) is 0 Å². The van der Waals surface area contributed by atoms with Gasteiger partial charge in [0.1, 0.15) is 0 Å². The molecule has 0 aliphatic carbocycles. The van der Waals surface area contributed by atoms with E-state index in [1.807, 2.05) is 13.8 Å². The van der Waals surface area contributed by atoms with Crippen molar-refractivity contribution in [1.82, 2.24) is 9.80 Å². The summed E-state index contributed by atoms with van der Waals surface area (Å²) in [5, 5.41) is 0. The highest BCUT2D eigenvalue weighted by atomic mass is 16.5. The van der Waals surface area contributed by atoms with Gasteiger partial charge in [0.15, 0.2) is 0 Å². The number of nitrogens with zero attached hydrogens (tertiary/aromatic N) is 2. The van der Waals surface area contributed by atoms with E-state index in [2.05, 4.69) is 4.74 Å². The van der Waals surface area contributed by atoms with E-state index in [-0.39, 0.29) is 25.0 Å². The van der Waals surface area contributed by atoms with Gasteiger partial charge in [-0.1, -0.05) is 6.92 Å². The minimum absolute atomic E-state index is 0.0169. The van der Waals surface area contributed by atoms with Crippen LogP contribution in [0.25, 0.3) is 0 Å². The molecule has 0 atom stereocenters. The summed E-state index contributed by atoms with van der Waals surface area (Å²) in [4.78, 5) is 25.9. The number of rotatable bonds is 6. The second kappa shape index (κ2) is 7.23. The van der Waals surface area contributed by atoms with Gasteiger partial charge in [0.05, 0.1) is 20.2 Å². The number of ether oxygens (including phenoxy) is 1. The molecule has 5 heteroatoms. The van der Waals surface area contributed by atoms with Crippen molar-refractivity contribution in [3.63, 3.8) is 0 Å². The molecule has 0 aliphatic heterocycles. The highest BCUT2D eigenvalue weighted by Crippen LogP contribution is 1.93. The minimum atomic E-state index is -0.316. The van der Waals surface area contributed by atoms with Crippen molar-refractivity contribution in [3.8, 4) is 0 Å². The van der Waals surface area contributed by atoms with Gasteiger partial charge in [0, 0.05) is 13.6 Å². The van der Waals surface area contributed by atoms with Gasteiger partial charge in [-0.3, -0.25) is 14.5 Å². The van der Waals surface area contributed by atoms with Crippen LogP contribution in [0.15, 0.2) is 0 Å². The van der Waals surface area contributed by atoms with E-state index >= 15 is 0 Å². The Morgan fingerprint density at radius 1 is 1.13 bits per heavy atom. The second-order valence-corrected chi connectivity index (χ2v) is 3.29. The molecule has 0 unspecified atom stereocenters. The summed E-state index contributed by atoms with van der Waals surface area (Å²) in [5.74, 6) is -0.299. The van der Waals surface area contributed by atoms with Crippen molar-refractivity contribution in [2.24, 2.45) is 0 Å². The van der Waals surface area contributed by atoms with Crippen LogP contribution < -0.4 is 0 Å². The number of amides is 1. The zero-order valence-electron chi connectivity index (χ0n) is 9.95. The Morgan fingerprint density at radius 3 is 2.13 bits per heavy atom. The van der Waals surface area contributed by atoms with Crippen LogP contribution >= 0.6 is 0 Å². The maximum atomic E-state index is 11.5. The molecular formula is C10H20N2O3. The van der Waals surface area contributed by atoms with Crippen molar-refractivity contribution in [2.45, 2.75) is 13.8 Å². The maximum absolute atomic E-state index is 11.5. The number of esters is 1. The molecule has 0 rings (SSSR count). The Hall–Kier alpha value is -1.10. The van der Waals surface area contributed by atoms with E-state index in [4.69, 9.17) is 0 Å². The molecule has 0 heterocycles. The molecule has 0 N–H and O–H groups in total. The Balaban J connectivity index is 4.09. The molecule has 0 saturated heterocycles. The third-order valence-corrected chi connectivity index (χ3v) is 2.29. The highest BCUT2D eigenvalue weighted by molar-refractivity contribution is 5.79. The van der Waals surface area contributed by atoms with Crippen LogP contribution in [0.3, 0.4) is 0 Å². The van der Waals surface area contributed by atoms with Gasteiger partial charge in [0.25, 0.3) is 0 Å². The molecule has 0 bridgehead atoms. The average Bonchev–Trinajstić information content (AvgIpc) is 2.26. The van der Waals surface area contributed by atoms with Gasteiger partial charge in [-0.15, -0.1) is 0 Å². The van der Waals surface area contributed by atoms with Gasteiger partial charge in [-0.25, -0.2) is 0 Å². The molecule has 5 nitrogen and oxygen atoms in total. The lowest BCUT2D eigenvalue weighted by Crippen LogP contribution is -2.40. The minimum Gasteiger partial charge on any atom is -0.468 e. The van der Waals surface area contributed by atoms with Crippen LogP contribution in [0.5, 0.6) is 0 Å². The molecule has 0 saturated carbocycles. The predicted molar refractivity (Wildman–Crippen MR) is 57.4 cm³/mol. The highest BCUT2D eigenvalue weighted by Gasteiger charge is 2.14. The van der Waals surface area contributed by atoms with Gasteiger partial charge in [-0.05, 0) is 13.5 Å². The third kappa shape index (κ3) is 5.37. The molecule has 0 aromatic carbocycles. The molecule has 0 radical (unpaired) electrons. The molecule has 0 aliphatic rings. The van der Waals surface area contributed by atoms with Gasteiger partial charge in [-0.2, -0.15) is 0 Å². The van der Waals surface area contributed by atoms with Crippen LogP contribution in [-0.2, 0) is 14.3 Å².